The number of hydrogen-bond acceptors (Lipinski definition) is 3. The highest BCUT2D eigenvalue weighted by molar-refractivity contribution is 7.89. The van der Waals surface area contributed by atoms with Gasteiger partial charge < -0.3 is 9.88 Å². The molecule has 4 rings (SSSR count). The van der Waals surface area contributed by atoms with Crippen molar-refractivity contribution in [3.63, 3.8) is 0 Å². The number of amides is 1. The van der Waals surface area contributed by atoms with E-state index in [2.05, 4.69) is 10.0 Å². The van der Waals surface area contributed by atoms with Crippen molar-refractivity contribution in [2.24, 2.45) is 5.92 Å². The first-order valence-corrected chi connectivity index (χ1v) is 15.9. The number of carbonyl (C=O) groups excluding carboxylic acids is 1. The Labute approximate surface area is 236 Å². The van der Waals surface area contributed by atoms with Crippen molar-refractivity contribution >= 4 is 15.9 Å². The quantitative estimate of drug-likeness (QED) is 0.363. The monoisotopic (exact) mass is 581 g/mol. The molecule has 222 valence electrons. The van der Waals surface area contributed by atoms with E-state index in [1.165, 1.54) is 12.5 Å². The number of benzene rings is 1. The lowest BCUT2D eigenvalue weighted by Crippen LogP contribution is -2.41. The number of hydrogen-bond donors (Lipinski definition) is 2. The fraction of sp³-hybridized carbons (Fsp3) is 0.633. The Kier molecular flexibility index (Phi) is 9.10. The zero-order valence-corrected chi connectivity index (χ0v) is 24.8. The summed E-state index contributed by atoms with van der Waals surface area (Å²) in [5.41, 5.74) is -0.275. The number of nitrogens with zero attached hydrogens (tertiary/aromatic N) is 1. The van der Waals surface area contributed by atoms with Gasteiger partial charge in [-0.05, 0) is 83.1 Å². The van der Waals surface area contributed by atoms with Crippen LogP contribution in [0.15, 0.2) is 29.2 Å². The van der Waals surface area contributed by atoms with Crippen molar-refractivity contribution in [3.8, 4) is 11.3 Å². The van der Waals surface area contributed by atoms with Crippen LogP contribution >= 0.6 is 0 Å². The number of halogens is 3. The van der Waals surface area contributed by atoms with Gasteiger partial charge in [0, 0.05) is 29.5 Å². The zero-order valence-electron chi connectivity index (χ0n) is 24.0. The number of carbonyl (C=O) groups is 1. The lowest BCUT2D eigenvalue weighted by molar-refractivity contribution is -0.139. The molecule has 0 spiro atoms. The molecule has 0 unspecified atom stereocenters. The van der Waals surface area contributed by atoms with E-state index in [0.29, 0.717) is 29.4 Å². The van der Waals surface area contributed by atoms with Gasteiger partial charge in [0.15, 0.2) is 0 Å². The predicted octanol–water partition coefficient (Wildman–Crippen LogP) is 7.20. The zero-order chi connectivity index (χ0) is 29.3. The Morgan fingerprint density at radius 1 is 0.950 bits per heavy atom. The summed E-state index contributed by atoms with van der Waals surface area (Å²) in [5, 5.41) is 3.14. The highest BCUT2D eigenvalue weighted by Gasteiger charge is 2.39. The highest BCUT2D eigenvalue weighted by atomic mass is 32.2. The van der Waals surface area contributed by atoms with Crippen LogP contribution in [0.1, 0.15) is 107 Å². The highest BCUT2D eigenvalue weighted by Crippen LogP contribution is 2.39. The number of sulfonamides is 1. The van der Waals surface area contributed by atoms with E-state index < -0.39 is 32.2 Å². The molecule has 1 amide bonds. The van der Waals surface area contributed by atoms with Gasteiger partial charge in [-0.25, -0.2) is 13.1 Å². The third kappa shape index (κ3) is 7.29. The predicted molar refractivity (Wildman–Crippen MR) is 151 cm³/mol. The summed E-state index contributed by atoms with van der Waals surface area (Å²) in [7, 11) is -4.44. The average molecular weight is 582 g/mol. The molecule has 0 radical (unpaired) electrons. The second-order valence-corrected chi connectivity index (χ2v) is 14.2. The molecule has 1 heterocycles. The average Bonchev–Trinajstić information content (AvgIpc) is 3.19. The fourth-order valence-corrected chi connectivity index (χ4v) is 7.72. The summed E-state index contributed by atoms with van der Waals surface area (Å²) < 4.78 is 73.1. The first-order valence-electron chi connectivity index (χ1n) is 14.4. The maximum absolute atomic E-state index is 14.3. The van der Waals surface area contributed by atoms with Gasteiger partial charge in [-0.15, -0.1) is 0 Å². The third-order valence-corrected chi connectivity index (χ3v) is 9.84. The van der Waals surface area contributed by atoms with Crippen LogP contribution in [0.3, 0.4) is 0 Å². The van der Waals surface area contributed by atoms with Crippen LogP contribution in [-0.2, 0) is 22.7 Å². The molecule has 1 aromatic heterocycles. The minimum Gasteiger partial charge on any atom is -0.349 e. The van der Waals surface area contributed by atoms with Gasteiger partial charge in [0.1, 0.15) is 0 Å². The van der Waals surface area contributed by atoms with E-state index in [-0.39, 0.29) is 17.5 Å². The molecule has 2 aromatic rings. The first-order chi connectivity index (χ1) is 18.7. The van der Waals surface area contributed by atoms with E-state index in [1.807, 2.05) is 11.5 Å². The fourth-order valence-electron chi connectivity index (χ4n) is 6.09. The topological polar surface area (TPSA) is 80.2 Å². The van der Waals surface area contributed by atoms with Crippen LogP contribution in [0.5, 0.6) is 0 Å². The second kappa shape index (κ2) is 11.9. The van der Waals surface area contributed by atoms with E-state index in [9.17, 15) is 26.4 Å². The minimum absolute atomic E-state index is 0.0995. The largest absolute Gasteiger partial charge is 0.417 e. The second-order valence-electron chi connectivity index (χ2n) is 12.5. The molecular weight excluding hydrogens is 539 g/mol. The van der Waals surface area contributed by atoms with Gasteiger partial charge in [-0.3, -0.25) is 4.79 Å². The smallest absolute Gasteiger partial charge is 0.349 e. The Balaban J connectivity index is 1.79. The molecule has 40 heavy (non-hydrogen) atoms. The van der Waals surface area contributed by atoms with E-state index >= 15 is 0 Å². The van der Waals surface area contributed by atoms with Crippen molar-refractivity contribution in [2.45, 2.75) is 121 Å². The van der Waals surface area contributed by atoms with Crippen molar-refractivity contribution < 1.29 is 26.4 Å². The Morgan fingerprint density at radius 2 is 1.55 bits per heavy atom. The minimum atomic E-state index is -4.89. The molecule has 0 bridgehead atoms. The van der Waals surface area contributed by atoms with Crippen molar-refractivity contribution in [1.82, 2.24) is 14.6 Å². The summed E-state index contributed by atoms with van der Waals surface area (Å²) in [6, 6.07) is 5.13. The first kappa shape index (κ1) is 30.6. The Hall–Kier alpha value is -2.33. The van der Waals surface area contributed by atoms with Crippen molar-refractivity contribution in [3.05, 3.63) is 41.1 Å². The summed E-state index contributed by atoms with van der Waals surface area (Å²) >= 11 is 0. The molecule has 10 heteroatoms. The van der Waals surface area contributed by atoms with Gasteiger partial charge in [0.25, 0.3) is 5.91 Å². The number of rotatable bonds is 7. The molecular formula is C30H42F3N3O3S. The normalized spacial score (nSPS) is 18.2. The van der Waals surface area contributed by atoms with Gasteiger partial charge >= 0.3 is 6.18 Å². The van der Waals surface area contributed by atoms with E-state index in [4.69, 9.17) is 0 Å². The van der Waals surface area contributed by atoms with Crippen LogP contribution in [0.2, 0.25) is 0 Å². The van der Waals surface area contributed by atoms with Crippen LogP contribution in [-0.4, -0.2) is 30.5 Å². The maximum atomic E-state index is 14.3. The van der Waals surface area contributed by atoms with Gasteiger partial charge in [-0.2, -0.15) is 13.2 Å². The number of nitrogens with one attached hydrogen (secondary N) is 2. The lowest BCUT2D eigenvalue weighted by atomic mass is 9.89. The van der Waals surface area contributed by atoms with Gasteiger partial charge in [0.2, 0.25) is 10.0 Å². The Bertz CT molecular complexity index is 1310. The molecule has 0 saturated heterocycles. The van der Waals surface area contributed by atoms with Crippen LogP contribution in [0, 0.1) is 12.8 Å². The summed E-state index contributed by atoms with van der Waals surface area (Å²) in [6.45, 7) is 7.18. The SMILES string of the molecule is Cc1c(C(=O)NC2CCCCC2)cc(-c2ccc(S(=O)(=O)NC(C)(C)C)c(C(F)(F)F)c2)n1CC1CCCCC1. The molecule has 1 aromatic carbocycles. The molecule has 0 atom stereocenters. The van der Waals surface area contributed by atoms with Crippen LogP contribution in [0.25, 0.3) is 11.3 Å². The molecule has 2 fully saturated rings. The number of aromatic nitrogens is 1. The van der Waals surface area contributed by atoms with Gasteiger partial charge in [-0.1, -0.05) is 44.6 Å². The summed E-state index contributed by atoms with van der Waals surface area (Å²) in [5.74, 6) is 0.156. The summed E-state index contributed by atoms with van der Waals surface area (Å²) in [6.07, 6.45) is 5.71. The molecule has 2 aliphatic carbocycles. The molecule has 2 N–H and O–H groups in total. The molecule has 2 aliphatic rings. The molecule has 2 saturated carbocycles. The Morgan fingerprint density at radius 3 is 2.12 bits per heavy atom. The van der Waals surface area contributed by atoms with Gasteiger partial charge in [0.05, 0.1) is 16.0 Å². The third-order valence-electron chi connectivity index (χ3n) is 8.03. The van der Waals surface area contributed by atoms with Crippen molar-refractivity contribution in [1.29, 1.82) is 0 Å². The van der Waals surface area contributed by atoms with Crippen LogP contribution in [0.4, 0.5) is 13.2 Å². The maximum Gasteiger partial charge on any atom is 0.417 e. The van der Waals surface area contributed by atoms with Crippen LogP contribution < -0.4 is 10.0 Å². The molecule has 0 aliphatic heterocycles. The molecule has 6 nitrogen and oxygen atoms in total. The van der Waals surface area contributed by atoms with Crippen molar-refractivity contribution in [2.75, 3.05) is 0 Å². The van der Waals surface area contributed by atoms with E-state index in [0.717, 1.165) is 69.9 Å². The van der Waals surface area contributed by atoms with E-state index in [1.54, 1.807) is 26.8 Å². The summed E-state index contributed by atoms with van der Waals surface area (Å²) in [4.78, 5) is 12.6. The standard InChI is InChI=1S/C30H42F3N3O3S/c1-20-24(28(37)34-23-13-9-6-10-14-23)18-26(36(20)19-21-11-7-5-8-12-21)22-15-16-27(25(17-22)30(31,32)33)40(38,39)35-29(2,3)4/h15-18,21,23,35H,5-14,19H2,1-4H3,(H,34,37). The lowest BCUT2D eigenvalue weighted by Gasteiger charge is -2.25. The number of alkyl halides is 3.